The normalized spacial score (nSPS) is 29.8. The molecule has 0 aromatic heterocycles. The predicted molar refractivity (Wildman–Crippen MR) is 98.9 cm³/mol. The van der Waals surface area contributed by atoms with Crippen LogP contribution < -0.4 is 9.47 Å². The number of rotatable bonds is 1. The van der Waals surface area contributed by atoms with Gasteiger partial charge in [-0.05, 0) is 49.3 Å². The molecule has 6 nitrogen and oxygen atoms in total. The Balaban J connectivity index is 1.35. The number of amides is 2. The van der Waals surface area contributed by atoms with E-state index in [4.69, 9.17) is 9.47 Å². The van der Waals surface area contributed by atoms with Gasteiger partial charge in [0.2, 0.25) is 5.91 Å². The highest BCUT2D eigenvalue weighted by Gasteiger charge is 2.44. The monoisotopic (exact) mass is 370 g/mol. The van der Waals surface area contributed by atoms with Gasteiger partial charge in [0.05, 0.1) is 13.2 Å². The van der Waals surface area contributed by atoms with Crippen molar-refractivity contribution in [3.63, 3.8) is 0 Å². The number of piperidine rings is 3. The zero-order valence-corrected chi connectivity index (χ0v) is 15.6. The van der Waals surface area contributed by atoms with Crippen molar-refractivity contribution in [3.8, 4) is 11.5 Å². The molecule has 0 N–H and O–H groups in total. The first-order valence-electron chi connectivity index (χ1n) is 10.2. The van der Waals surface area contributed by atoms with Gasteiger partial charge in [-0.15, -0.1) is 0 Å². The average Bonchev–Trinajstić information content (AvgIpc) is 2.93. The Kier molecular flexibility index (Phi) is 4.21. The molecule has 6 heteroatoms. The van der Waals surface area contributed by atoms with E-state index in [1.807, 2.05) is 23.1 Å². The van der Waals surface area contributed by atoms with Gasteiger partial charge in [-0.2, -0.15) is 0 Å². The number of ether oxygens (including phenoxy) is 2. The molecular formula is C21H26N2O4. The molecule has 0 aliphatic carbocycles. The summed E-state index contributed by atoms with van der Waals surface area (Å²) < 4.78 is 11.4. The van der Waals surface area contributed by atoms with Crippen LogP contribution in [0.3, 0.4) is 0 Å². The molecule has 1 aromatic rings. The second kappa shape index (κ2) is 6.73. The van der Waals surface area contributed by atoms with Crippen LogP contribution in [0.1, 0.15) is 42.5 Å². The van der Waals surface area contributed by atoms with Crippen molar-refractivity contribution in [3.05, 3.63) is 23.8 Å². The van der Waals surface area contributed by atoms with Gasteiger partial charge in [0.15, 0.2) is 11.5 Å². The Bertz CT molecular complexity index is 765. The molecule has 1 unspecified atom stereocenters. The van der Waals surface area contributed by atoms with E-state index in [9.17, 15) is 9.59 Å². The lowest BCUT2D eigenvalue weighted by molar-refractivity contribution is -0.144. The van der Waals surface area contributed by atoms with Crippen LogP contribution in [0.25, 0.3) is 0 Å². The predicted octanol–water partition coefficient (Wildman–Crippen LogP) is 2.32. The Labute approximate surface area is 159 Å². The van der Waals surface area contributed by atoms with Gasteiger partial charge in [0.1, 0.15) is 0 Å². The number of fused-ring (bicyclic) bond motifs is 5. The zero-order valence-electron chi connectivity index (χ0n) is 15.6. The molecule has 3 atom stereocenters. The summed E-state index contributed by atoms with van der Waals surface area (Å²) in [6.07, 6.45) is 4.74. The minimum Gasteiger partial charge on any atom is -0.490 e. The standard InChI is InChI=1S/C21H26N2O4/c24-20-4-1-3-17-16-9-14(12-23(17)20)11-22(13-16)21(25)15-5-6-18-19(10-15)27-8-2-7-26-18/h5-6,10,14,16-17H,1-4,7-9,11-13H2/t14-,16-,17?/m0/s1. The number of nitrogens with zero attached hydrogens (tertiary/aromatic N) is 2. The molecule has 0 spiro atoms. The third-order valence-corrected chi connectivity index (χ3v) is 6.46. The highest BCUT2D eigenvalue weighted by atomic mass is 16.5. The van der Waals surface area contributed by atoms with Crippen molar-refractivity contribution in [2.45, 2.75) is 38.1 Å². The van der Waals surface area contributed by atoms with Crippen LogP contribution in [0, 0.1) is 11.8 Å². The van der Waals surface area contributed by atoms with E-state index in [2.05, 4.69) is 4.90 Å². The van der Waals surface area contributed by atoms with E-state index in [-0.39, 0.29) is 5.91 Å². The molecule has 2 amide bonds. The first kappa shape index (κ1) is 16.9. The third-order valence-electron chi connectivity index (χ3n) is 6.46. The van der Waals surface area contributed by atoms with Gasteiger partial charge in [0.25, 0.3) is 5.91 Å². The van der Waals surface area contributed by atoms with Gasteiger partial charge in [-0.25, -0.2) is 0 Å². The Morgan fingerprint density at radius 1 is 1.04 bits per heavy atom. The Hall–Kier alpha value is -2.24. The molecule has 0 saturated carbocycles. The first-order valence-corrected chi connectivity index (χ1v) is 10.2. The summed E-state index contributed by atoms with van der Waals surface area (Å²) in [7, 11) is 0. The molecular weight excluding hydrogens is 344 g/mol. The lowest BCUT2D eigenvalue weighted by Gasteiger charge is -2.52. The number of benzene rings is 1. The summed E-state index contributed by atoms with van der Waals surface area (Å²) in [6.45, 7) is 3.56. The summed E-state index contributed by atoms with van der Waals surface area (Å²) in [5, 5.41) is 0. The number of hydrogen-bond donors (Lipinski definition) is 0. The topological polar surface area (TPSA) is 59.1 Å². The maximum atomic E-state index is 13.2. The van der Waals surface area contributed by atoms with Crippen LogP contribution in [-0.4, -0.2) is 60.5 Å². The fourth-order valence-corrected chi connectivity index (χ4v) is 5.25. The largest absolute Gasteiger partial charge is 0.490 e. The molecule has 2 bridgehead atoms. The third kappa shape index (κ3) is 3.05. The number of carbonyl (C=O) groups excluding carboxylic acids is 2. The number of hydrogen-bond acceptors (Lipinski definition) is 4. The smallest absolute Gasteiger partial charge is 0.254 e. The van der Waals surface area contributed by atoms with Crippen molar-refractivity contribution in [1.82, 2.24) is 9.80 Å². The van der Waals surface area contributed by atoms with Gasteiger partial charge in [-0.1, -0.05) is 0 Å². The van der Waals surface area contributed by atoms with Crippen LogP contribution in [0.2, 0.25) is 0 Å². The van der Waals surface area contributed by atoms with E-state index in [0.29, 0.717) is 54.7 Å². The Morgan fingerprint density at radius 3 is 2.78 bits per heavy atom. The quantitative estimate of drug-likeness (QED) is 0.761. The van der Waals surface area contributed by atoms with Crippen molar-refractivity contribution < 1.29 is 19.1 Å². The van der Waals surface area contributed by atoms with E-state index >= 15 is 0 Å². The van der Waals surface area contributed by atoms with Crippen LogP contribution in [0.15, 0.2) is 18.2 Å². The van der Waals surface area contributed by atoms with Gasteiger partial charge < -0.3 is 19.3 Å². The highest BCUT2D eigenvalue weighted by Crippen LogP contribution is 2.38. The minimum absolute atomic E-state index is 0.0657. The van der Waals surface area contributed by atoms with Gasteiger partial charge in [0, 0.05) is 44.1 Å². The van der Waals surface area contributed by atoms with Crippen LogP contribution in [-0.2, 0) is 4.79 Å². The van der Waals surface area contributed by atoms with Crippen molar-refractivity contribution in [1.29, 1.82) is 0 Å². The van der Waals surface area contributed by atoms with Crippen LogP contribution in [0.5, 0.6) is 11.5 Å². The number of carbonyl (C=O) groups is 2. The molecule has 0 radical (unpaired) electrons. The van der Waals surface area contributed by atoms with Gasteiger partial charge >= 0.3 is 0 Å². The lowest BCUT2D eigenvalue weighted by atomic mass is 9.76. The molecule has 3 saturated heterocycles. The molecule has 4 aliphatic rings. The van der Waals surface area contributed by atoms with Gasteiger partial charge in [-0.3, -0.25) is 9.59 Å². The van der Waals surface area contributed by atoms with E-state index in [0.717, 1.165) is 51.1 Å². The van der Waals surface area contributed by atoms with Crippen molar-refractivity contribution in [2.75, 3.05) is 32.8 Å². The van der Waals surface area contributed by atoms with Crippen molar-refractivity contribution in [2.24, 2.45) is 11.8 Å². The molecule has 4 heterocycles. The van der Waals surface area contributed by atoms with Crippen LogP contribution >= 0.6 is 0 Å². The molecule has 4 aliphatic heterocycles. The maximum absolute atomic E-state index is 13.2. The summed E-state index contributed by atoms with van der Waals surface area (Å²) in [4.78, 5) is 29.6. The second-order valence-electron chi connectivity index (χ2n) is 8.29. The lowest BCUT2D eigenvalue weighted by Crippen LogP contribution is -2.61. The minimum atomic E-state index is 0.0657. The fraction of sp³-hybridized carbons (Fsp3) is 0.619. The molecule has 3 fully saturated rings. The SMILES string of the molecule is O=C(c1ccc2c(c1)OCCCO2)N1C[C@@H]2C[C@@H](C1)C1CCCC(=O)N1C2. The zero-order chi connectivity index (χ0) is 18.4. The van der Waals surface area contributed by atoms with Crippen LogP contribution in [0.4, 0.5) is 0 Å². The average molecular weight is 370 g/mol. The molecule has 144 valence electrons. The molecule has 1 aromatic carbocycles. The molecule has 27 heavy (non-hydrogen) atoms. The summed E-state index contributed by atoms with van der Waals surface area (Å²) in [6, 6.07) is 5.84. The highest BCUT2D eigenvalue weighted by molar-refractivity contribution is 5.95. The van der Waals surface area contributed by atoms with E-state index in [1.165, 1.54) is 0 Å². The summed E-state index contributed by atoms with van der Waals surface area (Å²) >= 11 is 0. The Morgan fingerprint density at radius 2 is 1.89 bits per heavy atom. The molecule has 5 rings (SSSR count). The van der Waals surface area contributed by atoms with E-state index in [1.54, 1.807) is 0 Å². The first-order chi connectivity index (χ1) is 13.2. The summed E-state index contributed by atoms with van der Waals surface area (Å²) in [5.41, 5.74) is 0.663. The number of likely N-dealkylation sites (tertiary alicyclic amines) is 1. The van der Waals surface area contributed by atoms with Crippen molar-refractivity contribution >= 4 is 11.8 Å². The van der Waals surface area contributed by atoms with E-state index < -0.39 is 0 Å². The summed E-state index contributed by atoms with van der Waals surface area (Å²) in [5.74, 6) is 2.56. The fourth-order valence-electron chi connectivity index (χ4n) is 5.25. The second-order valence-corrected chi connectivity index (χ2v) is 8.29. The maximum Gasteiger partial charge on any atom is 0.254 e.